The van der Waals surface area contributed by atoms with Gasteiger partial charge in [-0.25, -0.2) is 0 Å². The summed E-state index contributed by atoms with van der Waals surface area (Å²) < 4.78 is 0. The lowest BCUT2D eigenvalue weighted by molar-refractivity contribution is -0.137. The van der Waals surface area contributed by atoms with Crippen LogP contribution in [0.2, 0.25) is 10.0 Å². The zero-order chi connectivity index (χ0) is 13.0. The van der Waals surface area contributed by atoms with Crippen molar-refractivity contribution in [2.75, 3.05) is 0 Å². The lowest BCUT2D eigenvalue weighted by atomic mass is 10.0. The largest absolute Gasteiger partial charge is 0.481 e. The van der Waals surface area contributed by atoms with E-state index in [0.717, 1.165) is 0 Å². The molecule has 0 aliphatic carbocycles. The third-order valence-electron chi connectivity index (χ3n) is 2.21. The number of halogens is 2. The van der Waals surface area contributed by atoms with E-state index in [4.69, 9.17) is 34.0 Å². The number of Topliss-reactive ketones (excluding diaryl/α,β-unsaturated/α-hetero) is 1. The first-order chi connectivity index (χ1) is 7.91. The first kappa shape index (κ1) is 14.0. The van der Waals surface area contributed by atoms with Gasteiger partial charge in [-0.15, -0.1) is 0 Å². The summed E-state index contributed by atoms with van der Waals surface area (Å²) >= 11 is 11.5. The molecular formula is C11H11Cl2NO3. The van der Waals surface area contributed by atoms with E-state index in [1.807, 2.05) is 0 Å². The fraction of sp³-hybridized carbons (Fsp3) is 0.273. The Morgan fingerprint density at radius 3 is 2.47 bits per heavy atom. The van der Waals surface area contributed by atoms with Crippen LogP contribution in [-0.2, 0) is 4.79 Å². The van der Waals surface area contributed by atoms with Crippen LogP contribution in [0.1, 0.15) is 23.2 Å². The first-order valence-corrected chi connectivity index (χ1v) is 5.64. The number of carbonyl (C=O) groups is 2. The number of rotatable bonds is 5. The average molecular weight is 276 g/mol. The topological polar surface area (TPSA) is 80.4 Å². The van der Waals surface area contributed by atoms with Gasteiger partial charge in [-0.1, -0.05) is 23.2 Å². The Kier molecular flexibility index (Phi) is 4.93. The smallest absolute Gasteiger partial charge is 0.303 e. The molecule has 0 fully saturated rings. The number of aliphatic carboxylic acids is 1. The predicted molar refractivity (Wildman–Crippen MR) is 65.6 cm³/mol. The van der Waals surface area contributed by atoms with Crippen molar-refractivity contribution in [2.45, 2.75) is 18.9 Å². The van der Waals surface area contributed by atoms with E-state index in [1.54, 1.807) is 0 Å². The number of hydrogen-bond acceptors (Lipinski definition) is 3. The van der Waals surface area contributed by atoms with Gasteiger partial charge in [0.25, 0.3) is 0 Å². The SMILES string of the molecule is NC(CCC(=O)O)C(=O)c1ccc(Cl)c(Cl)c1. The van der Waals surface area contributed by atoms with E-state index in [2.05, 4.69) is 0 Å². The lowest BCUT2D eigenvalue weighted by Gasteiger charge is -2.09. The molecule has 1 rings (SSSR count). The van der Waals surface area contributed by atoms with Crippen LogP contribution < -0.4 is 5.73 Å². The Labute approximate surface area is 108 Å². The molecule has 0 spiro atoms. The minimum absolute atomic E-state index is 0.0917. The second-order valence-corrected chi connectivity index (χ2v) is 4.35. The Morgan fingerprint density at radius 1 is 1.29 bits per heavy atom. The molecule has 4 nitrogen and oxygen atoms in total. The number of carboxylic acids is 1. The number of hydrogen-bond donors (Lipinski definition) is 2. The van der Waals surface area contributed by atoms with Gasteiger partial charge in [0.15, 0.2) is 5.78 Å². The normalized spacial score (nSPS) is 12.2. The maximum atomic E-state index is 11.8. The zero-order valence-electron chi connectivity index (χ0n) is 8.82. The predicted octanol–water partition coefficient (Wildman–Crippen LogP) is 2.37. The van der Waals surface area contributed by atoms with Crippen molar-refractivity contribution in [3.63, 3.8) is 0 Å². The Morgan fingerprint density at radius 2 is 1.94 bits per heavy atom. The Bertz CT molecular complexity index is 448. The van der Waals surface area contributed by atoms with Gasteiger partial charge in [-0.3, -0.25) is 9.59 Å². The van der Waals surface area contributed by atoms with E-state index in [1.165, 1.54) is 18.2 Å². The van der Waals surface area contributed by atoms with Crippen LogP contribution >= 0.6 is 23.2 Å². The maximum absolute atomic E-state index is 11.8. The lowest BCUT2D eigenvalue weighted by Crippen LogP contribution is -2.31. The number of carbonyl (C=O) groups excluding carboxylic acids is 1. The van der Waals surface area contributed by atoms with Crippen LogP contribution in [-0.4, -0.2) is 22.9 Å². The summed E-state index contributed by atoms with van der Waals surface area (Å²) in [6.07, 6.45) is -0.0529. The van der Waals surface area contributed by atoms with Crippen molar-refractivity contribution in [1.82, 2.24) is 0 Å². The summed E-state index contributed by atoms with van der Waals surface area (Å²) in [7, 11) is 0. The van der Waals surface area contributed by atoms with Gasteiger partial charge in [0.05, 0.1) is 16.1 Å². The van der Waals surface area contributed by atoms with Crippen molar-refractivity contribution in [3.8, 4) is 0 Å². The second kappa shape index (κ2) is 6.00. The van der Waals surface area contributed by atoms with Gasteiger partial charge in [0.1, 0.15) is 0 Å². The number of nitrogens with two attached hydrogens (primary N) is 1. The van der Waals surface area contributed by atoms with E-state index in [0.29, 0.717) is 10.6 Å². The molecule has 0 radical (unpaired) electrons. The summed E-state index contributed by atoms with van der Waals surface area (Å²) in [6, 6.07) is 3.59. The fourth-order valence-electron chi connectivity index (χ4n) is 1.27. The molecule has 0 aromatic heterocycles. The standard InChI is InChI=1S/C11H11Cl2NO3/c12-7-2-1-6(5-8(7)13)11(17)9(14)3-4-10(15)16/h1-2,5,9H,3-4,14H2,(H,15,16). The van der Waals surface area contributed by atoms with Crippen LogP contribution in [0.3, 0.4) is 0 Å². The molecular weight excluding hydrogens is 265 g/mol. The summed E-state index contributed by atoms with van der Waals surface area (Å²) in [4.78, 5) is 22.2. The molecule has 92 valence electrons. The minimum atomic E-state index is -0.984. The molecule has 0 saturated carbocycles. The van der Waals surface area contributed by atoms with E-state index < -0.39 is 12.0 Å². The van der Waals surface area contributed by atoms with Crippen LogP contribution in [0.25, 0.3) is 0 Å². The molecule has 0 aliphatic heterocycles. The third kappa shape index (κ3) is 4.00. The van der Waals surface area contributed by atoms with E-state index >= 15 is 0 Å². The highest BCUT2D eigenvalue weighted by Crippen LogP contribution is 2.23. The molecule has 0 saturated heterocycles. The van der Waals surface area contributed by atoms with Gasteiger partial charge < -0.3 is 10.8 Å². The molecule has 1 unspecified atom stereocenters. The van der Waals surface area contributed by atoms with Crippen molar-refractivity contribution < 1.29 is 14.7 Å². The number of carboxylic acid groups (broad SMARTS) is 1. The molecule has 6 heteroatoms. The van der Waals surface area contributed by atoms with Crippen LogP contribution in [0, 0.1) is 0 Å². The van der Waals surface area contributed by atoms with Crippen LogP contribution in [0.15, 0.2) is 18.2 Å². The molecule has 0 amide bonds. The van der Waals surface area contributed by atoms with Gasteiger partial charge >= 0.3 is 5.97 Å². The van der Waals surface area contributed by atoms with Crippen LogP contribution in [0.4, 0.5) is 0 Å². The Balaban J connectivity index is 2.74. The quantitative estimate of drug-likeness (QED) is 0.809. The van der Waals surface area contributed by atoms with Gasteiger partial charge in [0.2, 0.25) is 0 Å². The molecule has 17 heavy (non-hydrogen) atoms. The highest BCUT2D eigenvalue weighted by Gasteiger charge is 2.17. The summed E-state index contributed by atoms with van der Waals surface area (Å²) in [5, 5.41) is 9.11. The van der Waals surface area contributed by atoms with Gasteiger partial charge in [-0.2, -0.15) is 0 Å². The third-order valence-corrected chi connectivity index (χ3v) is 2.95. The fourth-order valence-corrected chi connectivity index (χ4v) is 1.57. The molecule has 1 aromatic carbocycles. The van der Waals surface area contributed by atoms with Crippen molar-refractivity contribution in [1.29, 1.82) is 0 Å². The number of benzene rings is 1. The maximum Gasteiger partial charge on any atom is 0.303 e. The molecule has 0 aliphatic rings. The van der Waals surface area contributed by atoms with Crippen LogP contribution in [0.5, 0.6) is 0 Å². The molecule has 0 bridgehead atoms. The summed E-state index contributed by atoms with van der Waals surface area (Å²) in [5.41, 5.74) is 5.93. The van der Waals surface area contributed by atoms with Crippen molar-refractivity contribution in [3.05, 3.63) is 33.8 Å². The highest BCUT2D eigenvalue weighted by atomic mass is 35.5. The number of ketones is 1. The van der Waals surface area contributed by atoms with Crippen molar-refractivity contribution in [2.24, 2.45) is 5.73 Å². The Hall–Kier alpha value is -1.10. The molecule has 1 atom stereocenters. The average Bonchev–Trinajstić information content (AvgIpc) is 2.28. The first-order valence-electron chi connectivity index (χ1n) is 4.88. The van der Waals surface area contributed by atoms with E-state index in [-0.39, 0.29) is 23.6 Å². The minimum Gasteiger partial charge on any atom is -0.481 e. The van der Waals surface area contributed by atoms with Crippen molar-refractivity contribution >= 4 is 35.0 Å². The molecule has 0 heterocycles. The van der Waals surface area contributed by atoms with E-state index in [9.17, 15) is 9.59 Å². The highest BCUT2D eigenvalue weighted by molar-refractivity contribution is 6.42. The second-order valence-electron chi connectivity index (χ2n) is 3.53. The van der Waals surface area contributed by atoms with Gasteiger partial charge in [-0.05, 0) is 24.6 Å². The molecule has 1 aromatic rings. The summed E-state index contributed by atoms with van der Waals surface area (Å²) in [5.74, 6) is -1.33. The molecule has 3 N–H and O–H groups in total. The summed E-state index contributed by atoms with van der Waals surface area (Å²) in [6.45, 7) is 0. The monoisotopic (exact) mass is 275 g/mol. The zero-order valence-corrected chi connectivity index (χ0v) is 10.3. The van der Waals surface area contributed by atoms with Gasteiger partial charge in [0, 0.05) is 12.0 Å².